The van der Waals surface area contributed by atoms with Gasteiger partial charge in [0, 0.05) is 16.3 Å². The molecule has 94 valence electrons. The molecule has 1 N–H and O–H groups in total. The molecule has 1 aromatic carbocycles. The van der Waals surface area contributed by atoms with Gasteiger partial charge in [-0.1, -0.05) is 30.1 Å². The van der Waals surface area contributed by atoms with Gasteiger partial charge in [0.2, 0.25) is 0 Å². The first-order chi connectivity index (χ1) is 8.08. The zero-order valence-corrected chi connectivity index (χ0v) is 12.4. The Bertz CT molecular complexity index is 409. The van der Waals surface area contributed by atoms with Crippen LogP contribution in [0.1, 0.15) is 25.3 Å². The molecule has 1 heterocycles. The van der Waals surface area contributed by atoms with E-state index in [4.69, 9.17) is 23.2 Å². The van der Waals surface area contributed by atoms with Crippen LogP contribution in [0.2, 0.25) is 10.0 Å². The second kappa shape index (κ2) is 5.73. The molecule has 2 rings (SSSR count). The molecule has 1 aliphatic rings. The van der Waals surface area contributed by atoms with Crippen LogP contribution in [0.4, 0.5) is 5.69 Å². The monoisotopic (exact) mass is 289 g/mol. The van der Waals surface area contributed by atoms with Crippen LogP contribution in [0.25, 0.3) is 0 Å². The van der Waals surface area contributed by atoms with Crippen molar-refractivity contribution in [2.45, 2.75) is 38.0 Å². The van der Waals surface area contributed by atoms with Crippen molar-refractivity contribution in [3.8, 4) is 0 Å². The molecule has 1 fully saturated rings. The zero-order valence-electron chi connectivity index (χ0n) is 10.1. The van der Waals surface area contributed by atoms with Crippen LogP contribution >= 0.6 is 35.0 Å². The van der Waals surface area contributed by atoms with Crippen LogP contribution in [-0.4, -0.2) is 17.0 Å². The van der Waals surface area contributed by atoms with Crippen LogP contribution in [0.3, 0.4) is 0 Å². The number of benzene rings is 1. The van der Waals surface area contributed by atoms with Gasteiger partial charge in [0.05, 0.1) is 10.7 Å². The third-order valence-corrected chi connectivity index (χ3v) is 5.29. The SMILES string of the molecule is Cc1cc(Cl)c(NC2CCCSC2C)cc1Cl. The number of anilines is 1. The number of hydrogen-bond donors (Lipinski definition) is 1. The number of nitrogens with one attached hydrogen (secondary N) is 1. The number of aryl methyl sites for hydroxylation is 1. The van der Waals surface area contributed by atoms with E-state index in [0.29, 0.717) is 11.3 Å². The Morgan fingerprint density at radius 1 is 1.29 bits per heavy atom. The minimum atomic E-state index is 0.491. The van der Waals surface area contributed by atoms with Gasteiger partial charge in [0.15, 0.2) is 0 Å². The molecular formula is C13H17Cl2NS. The van der Waals surface area contributed by atoms with E-state index >= 15 is 0 Å². The number of halogens is 2. The predicted molar refractivity (Wildman–Crippen MR) is 79.8 cm³/mol. The van der Waals surface area contributed by atoms with E-state index < -0.39 is 0 Å². The summed E-state index contributed by atoms with van der Waals surface area (Å²) in [4.78, 5) is 0. The lowest BCUT2D eigenvalue weighted by Crippen LogP contribution is -2.32. The van der Waals surface area contributed by atoms with Gasteiger partial charge in [-0.25, -0.2) is 0 Å². The van der Waals surface area contributed by atoms with Gasteiger partial charge in [-0.05, 0) is 43.2 Å². The Labute approximate surface area is 117 Å². The molecule has 4 heteroatoms. The second-order valence-electron chi connectivity index (χ2n) is 4.55. The Kier molecular flexibility index (Phi) is 4.51. The second-order valence-corrected chi connectivity index (χ2v) is 6.85. The molecule has 0 spiro atoms. The summed E-state index contributed by atoms with van der Waals surface area (Å²) in [5, 5.41) is 5.68. The van der Waals surface area contributed by atoms with Crippen LogP contribution in [-0.2, 0) is 0 Å². The van der Waals surface area contributed by atoms with Gasteiger partial charge in [-0.15, -0.1) is 0 Å². The highest BCUT2D eigenvalue weighted by Gasteiger charge is 2.22. The molecule has 0 aliphatic carbocycles. The van der Waals surface area contributed by atoms with Gasteiger partial charge < -0.3 is 5.32 Å². The van der Waals surface area contributed by atoms with Crippen LogP contribution in [0.15, 0.2) is 12.1 Å². The smallest absolute Gasteiger partial charge is 0.0641 e. The number of hydrogen-bond acceptors (Lipinski definition) is 2. The Morgan fingerprint density at radius 3 is 2.76 bits per heavy atom. The summed E-state index contributed by atoms with van der Waals surface area (Å²) < 4.78 is 0. The highest BCUT2D eigenvalue weighted by Crippen LogP contribution is 2.33. The van der Waals surface area contributed by atoms with Gasteiger partial charge >= 0.3 is 0 Å². The molecular weight excluding hydrogens is 273 g/mol. The van der Waals surface area contributed by atoms with Crippen molar-refractivity contribution in [1.29, 1.82) is 0 Å². The molecule has 0 amide bonds. The molecule has 2 atom stereocenters. The van der Waals surface area contributed by atoms with Gasteiger partial charge in [0.25, 0.3) is 0 Å². The van der Waals surface area contributed by atoms with Gasteiger partial charge in [-0.3, -0.25) is 0 Å². The van der Waals surface area contributed by atoms with Gasteiger partial charge in [0.1, 0.15) is 0 Å². The first-order valence-electron chi connectivity index (χ1n) is 5.91. The molecule has 0 saturated carbocycles. The highest BCUT2D eigenvalue weighted by molar-refractivity contribution is 8.00. The number of rotatable bonds is 2. The van der Waals surface area contributed by atoms with Crippen molar-refractivity contribution >= 4 is 40.7 Å². The summed E-state index contributed by atoms with van der Waals surface area (Å²) in [5.41, 5.74) is 1.98. The topological polar surface area (TPSA) is 12.0 Å². The maximum Gasteiger partial charge on any atom is 0.0641 e. The Morgan fingerprint density at radius 2 is 2.06 bits per heavy atom. The zero-order chi connectivity index (χ0) is 12.4. The van der Waals surface area contributed by atoms with Gasteiger partial charge in [-0.2, -0.15) is 11.8 Å². The fourth-order valence-electron chi connectivity index (χ4n) is 2.07. The lowest BCUT2D eigenvalue weighted by molar-refractivity contribution is 0.617. The first-order valence-corrected chi connectivity index (χ1v) is 7.72. The largest absolute Gasteiger partial charge is 0.380 e. The first kappa shape index (κ1) is 13.4. The van der Waals surface area contributed by atoms with E-state index in [0.717, 1.165) is 21.3 Å². The summed E-state index contributed by atoms with van der Waals surface area (Å²) >= 11 is 14.4. The lowest BCUT2D eigenvalue weighted by atomic mass is 10.1. The summed E-state index contributed by atoms with van der Waals surface area (Å²) in [6, 6.07) is 4.35. The molecule has 0 aromatic heterocycles. The molecule has 0 radical (unpaired) electrons. The Balaban J connectivity index is 2.15. The highest BCUT2D eigenvalue weighted by atomic mass is 35.5. The van der Waals surface area contributed by atoms with E-state index in [1.165, 1.54) is 18.6 Å². The van der Waals surface area contributed by atoms with E-state index in [-0.39, 0.29) is 0 Å². The van der Waals surface area contributed by atoms with Crippen molar-refractivity contribution in [2.24, 2.45) is 0 Å². The van der Waals surface area contributed by atoms with E-state index in [9.17, 15) is 0 Å². The lowest BCUT2D eigenvalue weighted by Gasteiger charge is -2.30. The molecule has 0 bridgehead atoms. The molecule has 17 heavy (non-hydrogen) atoms. The maximum absolute atomic E-state index is 6.24. The van der Waals surface area contributed by atoms with Crippen molar-refractivity contribution in [2.75, 3.05) is 11.1 Å². The predicted octanol–water partition coefficient (Wildman–Crippen LogP) is 5.00. The average Bonchev–Trinajstić information content (AvgIpc) is 2.29. The third kappa shape index (κ3) is 3.24. The van der Waals surface area contributed by atoms with Crippen LogP contribution < -0.4 is 5.32 Å². The summed E-state index contributed by atoms with van der Waals surface area (Å²) in [6.45, 7) is 4.24. The maximum atomic E-state index is 6.24. The normalized spacial score (nSPS) is 24.7. The molecule has 1 aromatic rings. The Hall–Kier alpha value is -0.0500. The average molecular weight is 290 g/mol. The molecule has 1 saturated heterocycles. The van der Waals surface area contributed by atoms with E-state index in [1.807, 2.05) is 30.8 Å². The fourth-order valence-corrected chi connectivity index (χ4v) is 3.65. The van der Waals surface area contributed by atoms with E-state index in [2.05, 4.69) is 12.2 Å². The van der Waals surface area contributed by atoms with Crippen molar-refractivity contribution in [1.82, 2.24) is 0 Å². The standard InChI is InChI=1S/C13H17Cl2NS/c1-8-6-11(15)13(7-10(8)14)16-12-4-3-5-17-9(12)2/h6-7,9,12,16H,3-5H2,1-2H3. The fraction of sp³-hybridized carbons (Fsp3) is 0.538. The summed E-state index contributed by atoms with van der Waals surface area (Å²) in [6.07, 6.45) is 2.47. The van der Waals surface area contributed by atoms with E-state index in [1.54, 1.807) is 0 Å². The minimum absolute atomic E-state index is 0.491. The van der Waals surface area contributed by atoms with Crippen LogP contribution in [0.5, 0.6) is 0 Å². The molecule has 1 nitrogen and oxygen atoms in total. The third-order valence-electron chi connectivity index (χ3n) is 3.20. The van der Waals surface area contributed by atoms with Crippen LogP contribution in [0, 0.1) is 6.92 Å². The van der Waals surface area contributed by atoms with Crippen molar-refractivity contribution in [3.63, 3.8) is 0 Å². The minimum Gasteiger partial charge on any atom is -0.380 e. The quantitative estimate of drug-likeness (QED) is 0.822. The summed E-state index contributed by atoms with van der Waals surface area (Å²) in [5.74, 6) is 1.27. The molecule has 2 unspecified atom stereocenters. The summed E-state index contributed by atoms with van der Waals surface area (Å²) in [7, 11) is 0. The van der Waals surface area contributed by atoms with Crippen molar-refractivity contribution in [3.05, 3.63) is 27.7 Å². The molecule has 1 aliphatic heterocycles. The van der Waals surface area contributed by atoms with Crippen molar-refractivity contribution < 1.29 is 0 Å². The number of thioether (sulfide) groups is 1.